The minimum Gasteiger partial charge on any atom is -0.381 e. The Morgan fingerprint density at radius 1 is 1.38 bits per heavy atom. The summed E-state index contributed by atoms with van der Waals surface area (Å²) in [5.41, 5.74) is 2.30. The molecule has 0 radical (unpaired) electrons. The second-order valence-corrected chi connectivity index (χ2v) is 8.54. The molecule has 7 nitrogen and oxygen atoms in total. The first-order valence-corrected chi connectivity index (χ1v) is 10.6. The third-order valence-electron chi connectivity index (χ3n) is 6.20. The van der Waals surface area contributed by atoms with Crippen molar-refractivity contribution in [2.45, 2.75) is 45.6 Å². The molecule has 2 aliphatic rings. The van der Waals surface area contributed by atoms with E-state index in [0.29, 0.717) is 37.0 Å². The van der Waals surface area contributed by atoms with Crippen LogP contribution < -0.4 is 5.32 Å². The van der Waals surface area contributed by atoms with Gasteiger partial charge in [-0.1, -0.05) is 0 Å². The Kier molecular flexibility index (Phi) is 5.85. The predicted molar refractivity (Wildman–Crippen MR) is 110 cm³/mol. The van der Waals surface area contributed by atoms with Crippen molar-refractivity contribution in [3.8, 4) is 0 Å². The van der Waals surface area contributed by atoms with Crippen LogP contribution in [0.25, 0.3) is 5.65 Å². The minimum atomic E-state index is -0.166. The molecular formula is C22H30N4O3. The van der Waals surface area contributed by atoms with Gasteiger partial charge in [0.05, 0.1) is 0 Å². The number of hydrogen-bond donors (Lipinski definition) is 1. The average molecular weight is 399 g/mol. The van der Waals surface area contributed by atoms with Gasteiger partial charge in [-0.2, -0.15) is 0 Å². The second kappa shape index (κ2) is 8.53. The van der Waals surface area contributed by atoms with Crippen LogP contribution in [-0.4, -0.2) is 58.4 Å². The Morgan fingerprint density at radius 3 is 2.97 bits per heavy atom. The highest BCUT2D eigenvalue weighted by Crippen LogP contribution is 2.24. The third kappa shape index (κ3) is 4.61. The lowest BCUT2D eigenvalue weighted by atomic mass is 9.91. The quantitative estimate of drug-likeness (QED) is 0.811. The van der Waals surface area contributed by atoms with E-state index in [0.717, 1.165) is 37.3 Å². The lowest BCUT2D eigenvalue weighted by Crippen LogP contribution is -2.57. The maximum atomic E-state index is 12.6. The van der Waals surface area contributed by atoms with Gasteiger partial charge in [0.1, 0.15) is 11.3 Å². The van der Waals surface area contributed by atoms with Gasteiger partial charge in [-0.05, 0) is 56.7 Å². The third-order valence-corrected chi connectivity index (χ3v) is 6.20. The van der Waals surface area contributed by atoms with Gasteiger partial charge >= 0.3 is 0 Å². The number of imidazole rings is 1. The normalized spacial score (nSPS) is 21.0. The molecule has 2 amide bonds. The van der Waals surface area contributed by atoms with Crippen LogP contribution in [-0.2, 0) is 9.53 Å². The number of ether oxygens (including phenoxy) is 1. The van der Waals surface area contributed by atoms with E-state index in [1.54, 1.807) is 6.20 Å². The summed E-state index contributed by atoms with van der Waals surface area (Å²) in [6.07, 6.45) is 7.45. The Balaban J connectivity index is 1.22. The van der Waals surface area contributed by atoms with Gasteiger partial charge in [-0.25, -0.2) is 4.98 Å². The predicted octanol–water partition coefficient (Wildman–Crippen LogP) is 2.43. The lowest BCUT2D eigenvalue weighted by molar-refractivity contribution is -0.138. The van der Waals surface area contributed by atoms with E-state index in [2.05, 4.69) is 10.3 Å². The van der Waals surface area contributed by atoms with E-state index < -0.39 is 0 Å². The van der Waals surface area contributed by atoms with E-state index in [9.17, 15) is 9.59 Å². The molecule has 0 bridgehead atoms. The molecule has 7 heteroatoms. The second-order valence-electron chi connectivity index (χ2n) is 8.54. The summed E-state index contributed by atoms with van der Waals surface area (Å²) in [7, 11) is 0. The SMILES string of the molecule is Cc1ccn2cc(C(=O)NC(C)C3CN(C(=O)CCC4CCCOC4)C3)nc2c1. The van der Waals surface area contributed by atoms with E-state index in [1.807, 2.05) is 41.5 Å². The molecule has 2 aromatic rings. The van der Waals surface area contributed by atoms with Crippen LogP contribution in [0.5, 0.6) is 0 Å². The van der Waals surface area contributed by atoms with Crippen LogP contribution >= 0.6 is 0 Å². The molecule has 2 atom stereocenters. The summed E-state index contributed by atoms with van der Waals surface area (Å²) in [6.45, 7) is 7.09. The van der Waals surface area contributed by atoms with Gasteiger partial charge in [0, 0.05) is 57.1 Å². The first-order valence-electron chi connectivity index (χ1n) is 10.6. The molecule has 2 unspecified atom stereocenters. The van der Waals surface area contributed by atoms with Crippen molar-refractivity contribution in [2.75, 3.05) is 26.3 Å². The van der Waals surface area contributed by atoms with Crippen LogP contribution in [0.1, 0.15) is 48.7 Å². The molecule has 29 heavy (non-hydrogen) atoms. The van der Waals surface area contributed by atoms with Crippen LogP contribution in [0.4, 0.5) is 0 Å². The van der Waals surface area contributed by atoms with Gasteiger partial charge in [0.2, 0.25) is 5.91 Å². The van der Waals surface area contributed by atoms with E-state index in [4.69, 9.17) is 4.74 Å². The first-order chi connectivity index (χ1) is 14.0. The molecule has 0 spiro atoms. The van der Waals surface area contributed by atoms with Gasteiger partial charge in [0.15, 0.2) is 0 Å². The number of carbonyl (C=O) groups excluding carboxylic acids is 2. The highest BCUT2D eigenvalue weighted by atomic mass is 16.5. The van der Waals surface area contributed by atoms with Crippen molar-refractivity contribution in [3.05, 3.63) is 35.8 Å². The number of fused-ring (bicyclic) bond motifs is 1. The summed E-state index contributed by atoms with van der Waals surface area (Å²) in [5.74, 6) is 0.874. The van der Waals surface area contributed by atoms with Gasteiger partial charge in [0.25, 0.3) is 5.91 Å². The number of pyridine rings is 1. The molecule has 2 aliphatic heterocycles. The molecular weight excluding hydrogens is 368 g/mol. The van der Waals surface area contributed by atoms with Gasteiger partial charge in [-0.3, -0.25) is 9.59 Å². The van der Waals surface area contributed by atoms with Crippen molar-refractivity contribution in [1.82, 2.24) is 19.6 Å². The summed E-state index contributed by atoms with van der Waals surface area (Å²) in [5, 5.41) is 3.05. The fourth-order valence-corrected chi connectivity index (χ4v) is 4.15. The number of nitrogens with one attached hydrogen (secondary N) is 1. The Morgan fingerprint density at radius 2 is 2.21 bits per heavy atom. The zero-order chi connectivity index (χ0) is 20.4. The number of amides is 2. The molecule has 2 fully saturated rings. The summed E-state index contributed by atoms with van der Waals surface area (Å²) in [6, 6.07) is 3.94. The number of hydrogen-bond acceptors (Lipinski definition) is 4. The Bertz CT molecular complexity index is 881. The lowest BCUT2D eigenvalue weighted by Gasteiger charge is -2.42. The van der Waals surface area contributed by atoms with Crippen LogP contribution in [0.15, 0.2) is 24.5 Å². The number of likely N-dealkylation sites (tertiary alicyclic amines) is 1. The number of aromatic nitrogens is 2. The van der Waals surface area contributed by atoms with Crippen molar-refractivity contribution in [1.29, 1.82) is 0 Å². The fourth-order valence-electron chi connectivity index (χ4n) is 4.15. The molecule has 156 valence electrons. The number of carbonyl (C=O) groups is 2. The van der Waals surface area contributed by atoms with Crippen LogP contribution in [0.3, 0.4) is 0 Å². The van der Waals surface area contributed by atoms with Crippen LogP contribution in [0.2, 0.25) is 0 Å². The molecule has 2 saturated heterocycles. The van der Waals surface area contributed by atoms with Crippen molar-refractivity contribution in [3.63, 3.8) is 0 Å². The standard InChI is InChI=1S/C22H30N4O3/c1-15-7-8-25-13-19(24-20(25)10-15)22(28)23-16(2)18-11-26(12-18)21(27)6-5-17-4-3-9-29-14-17/h7-8,10,13,16-18H,3-6,9,11-12,14H2,1-2H3,(H,23,28). The maximum Gasteiger partial charge on any atom is 0.271 e. The monoisotopic (exact) mass is 398 g/mol. The largest absolute Gasteiger partial charge is 0.381 e. The number of aryl methyl sites for hydroxylation is 1. The van der Waals surface area contributed by atoms with Crippen molar-refractivity contribution in [2.24, 2.45) is 11.8 Å². The summed E-state index contributed by atoms with van der Waals surface area (Å²) >= 11 is 0. The molecule has 0 saturated carbocycles. The fraction of sp³-hybridized carbons (Fsp3) is 0.591. The average Bonchev–Trinajstić information content (AvgIpc) is 3.09. The van der Waals surface area contributed by atoms with E-state index in [-0.39, 0.29) is 17.9 Å². The highest BCUT2D eigenvalue weighted by Gasteiger charge is 2.35. The number of nitrogens with zero attached hydrogens (tertiary/aromatic N) is 3. The summed E-state index contributed by atoms with van der Waals surface area (Å²) < 4.78 is 7.35. The van der Waals surface area contributed by atoms with Crippen molar-refractivity contribution >= 4 is 17.5 Å². The molecule has 0 aromatic carbocycles. The zero-order valence-electron chi connectivity index (χ0n) is 17.3. The molecule has 1 N–H and O–H groups in total. The van der Waals surface area contributed by atoms with Gasteiger partial charge < -0.3 is 19.4 Å². The number of rotatable bonds is 6. The first kappa shape index (κ1) is 19.9. The minimum absolute atomic E-state index is 0.00448. The summed E-state index contributed by atoms with van der Waals surface area (Å²) in [4.78, 5) is 31.3. The van der Waals surface area contributed by atoms with Gasteiger partial charge in [-0.15, -0.1) is 0 Å². The molecule has 2 aromatic heterocycles. The van der Waals surface area contributed by atoms with E-state index >= 15 is 0 Å². The smallest absolute Gasteiger partial charge is 0.271 e. The topological polar surface area (TPSA) is 75.9 Å². The zero-order valence-corrected chi connectivity index (χ0v) is 17.3. The maximum absolute atomic E-state index is 12.6. The van der Waals surface area contributed by atoms with E-state index in [1.165, 1.54) is 6.42 Å². The molecule has 4 heterocycles. The molecule has 4 rings (SSSR count). The Hall–Kier alpha value is -2.41. The highest BCUT2D eigenvalue weighted by molar-refractivity contribution is 5.93. The Labute approximate surface area is 171 Å². The van der Waals surface area contributed by atoms with Crippen molar-refractivity contribution < 1.29 is 14.3 Å². The molecule has 0 aliphatic carbocycles. The van der Waals surface area contributed by atoms with Crippen LogP contribution in [0, 0.1) is 18.8 Å².